The summed E-state index contributed by atoms with van der Waals surface area (Å²) in [4.78, 5) is 29.0. The third-order valence-electron chi connectivity index (χ3n) is 9.48. The van der Waals surface area contributed by atoms with Crippen molar-refractivity contribution in [2.45, 2.75) is 71.0 Å². The Balaban J connectivity index is 1.22. The van der Waals surface area contributed by atoms with Gasteiger partial charge >= 0.3 is 0 Å². The molecule has 1 N–H and O–H groups in total. The first-order valence-corrected chi connectivity index (χ1v) is 17.6. The van der Waals surface area contributed by atoms with Crippen molar-refractivity contribution in [2.75, 3.05) is 43.9 Å². The van der Waals surface area contributed by atoms with Crippen LogP contribution in [0.3, 0.4) is 0 Å². The largest absolute Gasteiger partial charge is 0.364 e. The van der Waals surface area contributed by atoms with E-state index < -0.39 is 10.0 Å². The lowest BCUT2D eigenvalue weighted by atomic mass is 9.85. The Morgan fingerprint density at radius 1 is 0.932 bits per heavy atom. The second-order valence-corrected chi connectivity index (χ2v) is 14.5. The van der Waals surface area contributed by atoms with E-state index in [0.717, 1.165) is 75.4 Å². The van der Waals surface area contributed by atoms with Crippen LogP contribution in [0.25, 0.3) is 0 Å². The number of nitrogens with one attached hydrogen (secondary N) is 1. The van der Waals surface area contributed by atoms with Crippen molar-refractivity contribution in [1.82, 2.24) is 24.5 Å². The molecule has 2 aromatic carbocycles. The highest BCUT2D eigenvalue weighted by molar-refractivity contribution is 7.88. The first kappa shape index (κ1) is 32.1. The second-order valence-electron chi connectivity index (χ2n) is 12.6. The molecule has 2 fully saturated rings. The van der Waals surface area contributed by atoms with Crippen LogP contribution in [-0.4, -0.2) is 84.7 Å². The molecular weight excluding hydrogens is 572 g/mol. The van der Waals surface area contributed by atoms with Gasteiger partial charge in [0.05, 0.1) is 23.2 Å². The molecule has 9 nitrogen and oxygen atoms in total. The molecule has 5 rings (SSSR count). The zero-order chi connectivity index (χ0) is 31.3. The van der Waals surface area contributed by atoms with Crippen molar-refractivity contribution < 1.29 is 13.2 Å². The summed E-state index contributed by atoms with van der Waals surface area (Å²) in [6.07, 6.45) is 7.44. The molecule has 236 valence electrons. The summed E-state index contributed by atoms with van der Waals surface area (Å²) < 4.78 is 25.4. The summed E-state index contributed by atoms with van der Waals surface area (Å²) in [6.45, 7) is 10.9. The quantitative estimate of drug-likeness (QED) is 0.361. The Labute approximate surface area is 262 Å². The van der Waals surface area contributed by atoms with Crippen molar-refractivity contribution in [1.29, 1.82) is 0 Å². The fourth-order valence-corrected chi connectivity index (χ4v) is 7.20. The maximum atomic E-state index is 13.3. The number of hydrogen-bond acceptors (Lipinski definition) is 7. The molecule has 0 aliphatic carbocycles. The number of piperidine rings is 2. The molecule has 44 heavy (non-hydrogen) atoms. The second kappa shape index (κ2) is 13.7. The number of nitrogens with zero attached hydrogens (tertiary/aromatic N) is 5. The van der Waals surface area contributed by atoms with Gasteiger partial charge in [-0.15, -0.1) is 0 Å². The van der Waals surface area contributed by atoms with Crippen LogP contribution in [0, 0.1) is 13.8 Å². The first-order chi connectivity index (χ1) is 21.0. The van der Waals surface area contributed by atoms with Crippen LogP contribution in [0.15, 0.2) is 60.9 Å². The standard InChI is InChI=1S/C34H46N6O3S/c1-26-32(27(2)36-25-35-26)33(41)38-22-17-34(3,18-23-38)39-20-15-31(16-21-39)40(24-29-8-6-5-7-9-29)30-12-10-28(11-13-30)14-19-37-44(4,42)43/h5-13,25,31,37H,14-24H2,1-4H3. The molecule has 3 heterocycles. The fraction of sp³-hybridized carbons (Fsp3) is 0.500. The molecule has 0 spiro atoms. The summed E-state index contributed by atoms with van der Waals surface area (Å²) >= 11 is 0. The maximum Gasteiger partial charge on any atom is 0.257 e. The van der Waals surface area contributed by atoms with Gasteiger partial charge < -0.3 is 9.80 Å². The number of sulfonamides is 1. The van der Waals surface area contributed by atoms with Crippen LogP contribution in [0.2, 0.25) is 0 Å². The minimum atomic E-state index is -3.19. The van der Waals surface area contributed by atoms with Crippen molar-refractivity contribution in [3.05, 3.63) is 89.0 Å². The molecule has 0 bridgehead atoms. The first-order valence-electron chi connectivity index (χ1n) is 15.7. The number of aryl methyl sites for hydroxylation is 2. The molecular formula is C34H46N6O3S. The molecule has 1 amide bonds. The molecule has 0 unspecified atom stereocenters. The van der Waals surface area contributed by atoms with Gasteiger partial charge in [0.25, 0.3) is 5.91 Å². The lowest BCUT2D eigenvalue weighted by Crippen LogP contribution is -2.58. The van der Waals surface area contributed by atoms with Gasteiger partial charge in [-0.1, -0.05) is 42.5 Å². The highest BCUT2D eigenvalue weighted by atomic mass is 32.2. The van der Waals surface area contributed by atoms with E-state index in [1.54, 1.807) is 0 Å². The number of benzene rings is 2. The number of hydrogen-bond donors (Lipinski definition) is 1. The van der Waals surface area contributed by atoms with E-state index in [-0.39, 0.29) is 11.4 Å². The van der Waals surface area contributed by atoms with E-state index in [4.69, 9.17) is 0 Å². The van der Waals surface area contributed by atoms with Crippen LogP contribution < -0.4 is 9.62 Å². The lowest BCUT2D eigenvalue weighted by molar-refractivity contribution is 0.0170. The molecule has 0 saturated carbocycles. The van der Waals surface area contributed by atoms with E-state index >= 15 is 0 Å². The van der Waals surface area contributed by atoms with Gasteiger partial charge in [-0.2, -0.15) is 0 Å². The van der Waals surface area contributed by atoms with Crippen LogP contribution in [0.5, 0.6) is 0 Å². The smallest absolute Gasteiger partial charge is 0.257 e. The van der Waals surface area contributed by atoms with Gasteiger partial charge in [0.1, 0.15) is 6.33 Å². The molecule has 10 heteroatoms. The zero-order valence-electron chi connectivity index (χ0n) is 26.5. The van der Waals surface area contributed by atoms with E-state index in [9.17, 15) is 13.2 Å². The van der Waals surface area contributed by atoms with E-state index in [2.05, 4.69) is 86.0 Å². The third-order valence-corrected chi connectivity index (χ3v) is 10.2. The topological polar surface area (TPSA) is 98.7 Å². The maximum absolute atomic E-state index is 13.3. The van der Waals surface area contributed by atoms with E-state index in [1.807, 2.05) is 18.7 Å². The highest BCUT2D eigenvalue weighted by Gasteiger charge is 2.39. The summed E-state index contributed by atoms with van der Waals surface area (Å²) in [5.74, 6) is 0.0515. The Morgan fingerprint density at radius 2 is 1.55 bits per heavy atom. The molecule has 2 saturated heterocycles. The molecule has 2 aliphatic heterocycles. The number of aromatic nitrogens is 2. The lowest BCUT2D eigenvalue weighted by Gasteiger charge is -2.50. The number of rotatable bonds is 10. The van der Waals surface area contributed by atoms with Gasteiger partial charge in [0.2, 0.25) is 10.0 Å². The Morgan fingerprint density at radius 3 is 2.14 bits per heavy atom. The van der Waals surface area contributed by atoms with Crippen molar-refractivity contribution in [2.24, 2.45) is 0 Å². The predicted octanol–water partition coefficient (Wildman–Crippen LogP) is 4.35. The highest BCUT2D eigenvalue weighted by Crippen LogP contribution is 2.34. The molecule has 0 atom stereocenters. The van der Waals surface area contributed by atoms with E-state index in [1.165, 1.54) is 23.8 Å². The van der Waals surface area contributed by atoms with Gasteiger partial charge in [-0.3, -0.25) is 9.69 Å². The number of amides is 1. The van der Waals surface area contributed by atoms with Crippen molar-refractivity contribution in [3.63, 3.8) is 0 Å². The Kier molecular flexibility index (Phi) is 10.0. The zero-order valence-corrected chi connectivity index (χ0v) is 27.3. The van der Waals surface area contributed by atoms with Crippen LogP contribution in [0.4, 0.5) is 5.69 Å². The van der Waals surface area contributed by atoms with Gasteiger partial charge in [0, 0.05) is 56.5 Å². The normalized spacial score (nSPS) is 17.9. The van der Waals surface area contributed by atoms with Gasteiger partial charge in [0.15, 0.2) is 0 Å². The van der Waals surface area contributed by atoms with Crippen molar-refractivity contribution in [3.8, 4) is 0 Å². The van der Waals surface area contributed by atoms with Gasteiger partial charge in [-0.25, -0.2) is 23.1 Å². The average Bonchev–Trinajstić information content (AvgIpc) is 3.00. The minimum Gasteiger partial charge on any atom is -0.364 e. The predicted molar refractivity (Wildman–Crippen MR) is 175 cm³/mol. The average molecular weight is 619 g/mol. The van der Waals surface area contributed by atoms with E-state index in [0.29, 0.717) is 24.6 Å². The summed E-state index contributed by atoms with van der Waals surface area (Å²) in [7, 11) is -3.19. The van der Waals surface area contributed by atoms with Crippen molar-refractivity contribution >= 4 is 21.6 Å². The number of anilines is 1. The molecule has 3 aromatic rings. The van der Waals surface area contributed by atoms with Crippen LogP contribution >= 0.6 is 0 Å². The Bertz CT molecular complexity index is 1490. The SMILES string of the molecule is Cc1ncnc(C)c1C(=O)N1CCC(C)(N2CCC(N(Cc3ccccc3)c3ccc(CCNS(C)(=O)=O)cc3)CC2)CC1. The fourth-order valence-electron chi connectivity index (χ4n) is 6.73. The number of carbonyl (C=O) groups is 1. The monoisotopic (exact) mass is 618 g/mol. The minimum absolute atomic E-state index is 0.0515. The molecule has 2 aliphatic rings. The van der Waals surface area contributed by atoms with Crippen LogP contribution in [-0.2, 0) is 23.0 Å². The van der Waals surface area contributed by atoms with Crippen LogP contribution in [0.1, 0.15) is 65.5 Å². The summed E-state index contributed by atoms with van der Waals surface area (Å²) in [6, 6.07) is 19.6. The number of carbonyl (C=O) groups excluding carboxylic acids is 1. The summed E-state index contributed by atoms with van der Waals surface area (Å²) in [5, 5.41) is 0. The third kappa shape index (κ3) is 7.83. The summed E-state index contributed by atoms with van der Waals surface area (Å²) in [5.41, 5.74) is 5.81. The Hall–Kier alpha value is -3.34. The van der Waals surface area contributed by atoms with Gasteiger partial charge in [-0.05, 0) is 76.1 Å². The number of likely N-dealkylation sites (tertiary alicyclic amines) is 2. The molecule has 0 radical (unpaired) electrons. The molecule has 1 aromatic heterocycles.